The molecule has 0 saturated carbocycles. The smallest absolute Gasteiger partial charge is 0.326 e. The fraction of sp³-hybridized carbons (Fsp3) is 0.529. The second-order valence-corrected chi connectivity index (χ2v) is 5.71. The van der Waals surface area contributed by atoms with E-state index in [0.29, 0.717) is 23.5 Å². The van der Waals surface area contributed by atoms with Crippen LogP contribution >= 0.6 is 0 Å². The van der Waals surface area contributed by atoms with Crippen molar-refractivity contribution in [2.24, 2.45) is 5.92 Å². The molecule has 0 heterocycles. The van der Waals surface area contributed by atoms with Crippen LogP contribution in [0.3, 0.4) is 0 Å². The molecule has 128 valence electrons. The number of carbonyl (C=O) groups excluding carboxylic acids is 1. The number of nitrogens with one attached hydrogen (secondary N) is 1. The van der Waals surface area contributed by atoms with E-state index in [0.717, 1.165) is 0 Å². The summed E-state index contributed by atoms with van der Waals surface area (Å²) in [6.07, 6.45) is 0.632. The summed E-state index contributed by atoms with van der Waals surface area (Å²) in [5.74, 6) is -0.689. The molecule has 2 atom stereocenters. The first-order chi connectivity index (χ1) is 10.8. The second-order valence-electron chi connectivity index (χ2n) is 5.71. The molecular weight excluding hydrogens is 298 g/mol. The minimum atomic E-state index is -1.04. The van der Waals surface area contributed by atoms with Crippen molar-refractivity contribution >= 4 is 11.9 Å². The van der Waals surface area contributed by atoms with Gasteiger partial charge in [0.05, 0.1) is 13.2 Å². The second kappa shape index (κ2) is 8.41. The van der Waals surface area contributed by atoms with Gasteiger partial charge in [-0.3, -0.25) is 4.79 Å². The average Bonchev–Trinajstić information content (AvgIpc) is 2.51. The lowest BCUT2D eigenvalue weighted by molar-refractivity contribution is -0.140. The number of methoxy groups -OCH3 is 1. The number of carboxylic acid groups (broad SMARTS) is 1. The van der Waals surface area contributed by atoms with Crippen molar-refractivity contribution in [3.63, 3.8) is 0 Å². The number of benzene rings is 1. The molecule has 0 unspecified atom stereocenters. The molecule has 0 saturated heterocycles. The Hall–Kier alpha value is -2.24. The molecule has 6 heteroatoms. The van der Waals surface area contributed by atoms with Gasteiger partial charge in [-0.1, -0.05) is 20.3 Å². The Balaban J connectivity index is 2.97. The van der Waals surface area contributed by atoms with Crippen LogP contribution in [0.25, 0.3) is 0 Å². The van der Waals surface area contributed by atoms with Gasteiger partial charge in [-0.05, 0) is 38.0 Å². The molecule has 0 aliphatic heterocycles. The first-order valence-corrected chi connectivity index (χ1v) is 7.68. The summed E-state index contributed by atoms with van der Waals surface area (Å²) in [5.41, 5.74) is 0.326. The zero-order chi connectivity index (χ0) is 17.6. The monoisotopic (exact) mass is 323 g/mol. The third-order valence-electron chi connectivity index (χ3n) is 3.55. The summed E-state index contributed by atoms with van der Waals surface area (Å²) in [6.45, 7) is 7.46. The van der Waals surface area contributed by atoms with Crippen molar-refractivity contribution in [2.45, 2.75) is 46.3 Å². The number of hydrogen-bond acceptors (Lipinski definition) is 4. The van der Waals surface area contributed by atoms with Crippen molar-refractivity contribution < 1.29 is 24.2 Å². The van der Waals surface area contributed by atoms with Crippen molar-refractivity contribution in [1.29, 1.82) is 0 Å². The van der Waals surface area contributed by atoms with Crippen LogP contribution in [0.5, 0.6) is 11.5 Å². The van der Waals surface area contributed by atoms with Crippen LogP contribution in [0.1, 0.15) is 44.5 Å². The van der Waals surface area contributed by atoms with Crippen LogP contribution in [0.4, 0.5) is 0 Å². The number of rotatable bonds is 8. The molecule has 23 heavy (non-hydrogen) atoms. The molecule has 0 bridgehead atoms. The molecule has 1 aromatic carbocycles. The van der Waals surface area contributed by atoms with Crippen LogP contribution < -0.4 is 14.8 Å². The van der Waals surface area contributed by atoms with E-state index in [1.165, 1.54) is 7.11 Å². The van der Waals surface area contributed by atoms with Crippen LogP contribution in [-0.4, -0.2) is 36.2 Å². The standard InChI is InChI=1S/C17H25NO5/c1-6-11(4)15(17(20)21)18-16(19)12-7-8-13(23-10(2)3)14(9-12)22-5/h7-11,15H,6H2,1-5H3,(H,18,19)(H,20,21)/t11-,15-/m0/s1. The molecule has 2 N–H and O–H groups in total. The van der Waals surface area contributed by atoms with Gasteiger partial charge in [0.15, 0.2) is 11.5 Å². The molecule has 0 aliphatic rings. The highest BCUT2D eigenvalue weighted by molar-refractivity contribution is 5.97. The van der Waals surface area contributed by atoms with E-state index in [9.17, 15) is 14.7 Å². The summed E-state index contributed by atoms with van der Waals surface area (Å²) < 4.78 is 10.8. The highest BCUT2D eigenvalue weighted by atomic mass is 16.5. The lowest BCUT2D eigenvalue weighted by Gasteiger charge is -2.20. The van der Waals surface area contributed by atoms with Gasteiger partial charge in [0.2, 0.25) is 0 Å². The summed E-state index contributed by atoms with van der Waals surface area (Å²) in [4.78, 5) is 23.6. The molecule has 0 aliphatic carbocycles. The number of carboxylic acids is 1. The Labute approximate surface area is 136 Å². The van der Waals surface area contributed by atoms with Gasteiger partial charge >= 0.3 is 5.97 Å². The molecule has 1 rings (SSSR count). The minimum absolute atomic E-state index is 0.0228. The number of hydrogen-bond donors (Lipinski definition) is 2. The molecule has 6 nitrogen and oxygen atoms in total. The Morgan fingerprint density at radius 1 is 1.22 bits per heavy atom. The van der Waals surface area contributed by atoms with Crippen LogP contribution in [0.15, 0.2) is 18.2 Å². The third-order valence-corrected chi connectivity index (χ3v) is 3.55. The zero-order valence-corrected chi connectivity index (χ0v) is 14.3. The molecular formula is C17H25NO5. The van der Waals surface area contributed by atoms with E-state index in [-0.39, 0.29) is 12.0 Å². The molecule has 0 spiro atoms. The van der Waals surface area contributed by atoms with Crippen molar-refractivity contribution in [3.05, 3.63) is 23.8 Å². The van der Waals surface area contributed by atoms with E-state index >= 15 is 0 Å². The highest BCUT2D eigenvalue weighted by Gasteiger charge is 2.26. The lowest BCUT2D eigenvalue weighted by Crippen LogP contribution is -2.45. The average molecular weight is 323 g/mol. The largest absolute Gasteiger partial charge is 0.493 e. The summed E-state index contributed by atoms with van der Waals surface area (Å²) >= 11 is 0. The quantitative estimate of drug-likeness (QED) is 0.768. The topological polar surface area (TPSA) is 84.9 Å². The van der Waals surface area contributed by atoms with E-state index in [2.05, 4.69) is 5.32 Å². The van der Waals surface area contributed by atoms with E-state index in [1.807, 2.05) is 20.8 Å². The Bertz CT molecular complexity index is 556. The Morgan fingerprint density at radius 2 is 1.87 bits per heavy atom. The van der Waals surface area contributed by atoms with Gasteiger partial charge in [-0.25, -0.2) is 4.79 Å². The molecule has 0 radical (unpaired) electrons. The normalized spacial score (nSPS) is 13.3. The third kappa shape index (κ3) is 5.16. The van der Waals surface area contributed by atoms with Gasteiger partial charge in [0, 0.05) is 5.56 Å². The number of aliphatic carboxylic acids is 1. The Morgan fingerprint density at radius 3 is 2.35 bits per heavy atom. The fourth-order valence-corrected chi connectivity index (χ4v) is 2.07. The van der Waals surface area contributed by atoms with Crippen LogP contribution in [0.2, 0.25) is 0 Å². The van der Waals surface area contributed by atoms with E-state index in [1.54, 1.807) is 25.1 Å². The molecule has 1 amide bonds. The maximum absolute atomic E-state index is 12.3. The molecule has 0 aromatic heterocycles. The maximum Gasteiger partial charge on any atom is 0.326 e. The van der Waals surface area contributed by atoms with E-state index < -0.39 is 17.9 Å². The first kappa shape index (κ1) is 18.8. The summed E-state index contributed by atoms with van der Waals surface area (Å²) in [5, 5.41) is 11.8. The van der Waals surface area contributed by atoms with Crippen LogP contribution in [-0.2, 0) is 4.79 Å². The summed E-state index contributed by atoms with van der Waals surface area (Å²) in [6, 6.07) is 3.85. The van der Waals surface area contributed by atoms with Crippen molar-refractivity contribution in [3.8, 4) is 11.5 Å². The van der Waals surface area contributed by atoms with Crippen LogP contribution in [0, 0.1) is 5.92 Å². The van der Waals surface area contributed by atoms with E-state index in [4.69, 9.17) is 9.47 Å². The number of ether oxygens (including phenoxy) is 2. The predicted molar refractivity (Wildman–Crippen MR) is 87.1 cm³/mol. The van der Waals surface area contributed by atoms with Gasteiger partial charge in [-0.2, -0.15) is 0 Å². The minimum Gasteiger partial charge on any atom is -0.493 e. The molecule has 0 fully saturated rings. The molecule has 1 aromatic rings. The van der Waals surface area contributed by atoms with Gasteiger partial charge < -0.3 is 19.9 Å². The summed E-state index contributed by atoms with van der Waals surface area (Å²) in [7, 11) is 1.49. The van der Waals surface area contributed by atoms with Gasteiger partial charge in [0.25, 0.3) is 5.91 Å². The van der Waals surface area contributed by atoms with Gasteiger partial charge in [-0.15, -0.1) is 0 Å². The fourth-order valence-electron chi connectivity index (χ4n) is 2.07. The predicted octanol–water partition coefficient (Wildman–Crippen LogP) is 2.71. The lowest BCUT2D eigenvalue weighted by atomic mass is 9.99. The Kier molecular flexibility index (Phi) is 6.88. The SMILES string of the molecule is CC[C@H](C)[C@H](NC(=O)c1ccc(OC(C)C)c(OC)c1)C(=O)O. The zero-order valence-electron chi connectivity index (χ0n) is 14.3. The number of amides is 1. The highest BCUT2D eigenvalue weighted by Crippen LogP contribution is 2.29. The van der Waals surface area contributed by atoms with Crippen molar-refractivity contribution in [2.75, 3.05) is 7.11 Å². The first-order valence-electron chi connectivity index (χ1n) is 7.68. The maximum atomic E-state index is 12.3. The van der Waals surface area contributed by atoms with Gasteiger partial charge in [0.1, 0.15) is 6.04 Å². The van der Waals surface area contributed by atoms with Crippen molar-refractivity contribution in [1.82, 2.24) is 5.32 Å². The number of carbonyl (C=O) groups is 2.